The predicted octanol–water partition coefficient (Wildman–Crippen LogP) is 3.87. The third-order valence-electron chi connectivity index (χ3n) is 5.65. The molecule has 1 aromatic heterocycles. The molecule has 28 heavy (non-hydrogen) atoms. The highest BCUT2D eigenvalue weighted by Crippen LogP contribution is 2.38. The fraction of sp³-hybridized carbons (Fsp3) is 0.273. The second-order valence-corrected chi connectivity index (χ2v) is 7.60. The molecule has 3 aromatic rings. The summed E-state index contributed by atoms with van der Waals surface area (Å²) >= 11 is 0. The number of nitrogens with one attached hydrogen (secondary N) is 2. The molecule has 1 aliphatic heterocycles. The van der Waals surface area contributed by atoms with Crippen LogP contribution in [-0.4, -0.2) is 22.1 Å². The van der Waals surface area contributed by atoms with E-state index in [1.807, 2.05) is 36.4 Å². The summed E-state index contributed by atoms with van der Waals surface area (Å²) in [5, 5.41) is 25.2. The smallest absolute Gasteiger partial charge is 0.228 e. The van der Waals surface area contributed by atoms with Crippen LogP contribution in [0.4, 0.5) is 11.4 Å². The van der Waals surface area contributed by atoms with Crippen molar-refractivity contribution in [3.05, 3.63) is 47.7 Å². The van der Waals surface area contributed by atoms with E-state index < -0.39 is 0 Å². The number of aromatic nitrogens is 2. The minimum Gasteiger partial charge on any atom is -0.379 e. The van der Waals surface area contributed by atoms with Gasteiger partial charge in [-0.1, -0.05) is 24.3 Å². The Morgan fingerprint density at radius 3 is 2.89 bits per heavy atom. The molecule has 6 heteroatoms. The molecule has 1 fully saturated rings. The van der Waals surface area contributed by atoms with Crippen molar-refractivity contribution in [1.82, 2.24) is 10.2 Å². The second kappa shape index (κ2) is 6.31. The molecule has 1 atom stereocenters. The third kappa shape index (κ3) is 2.76. The molecular formula is C22H19N5O. The average molecular weight is 369 g/mol. The quantitative estimate of drug-likeness (QED) is 0.728. The van der Waals surface area contributed by atoms with Gasteiger partial charge in [-0.15, -0.1) is 10.2 Å². The number of anilines is 2. The van der Waals surface area contributed by atoms with E-state index in [0.29, 0.717) is 24.1 Å². The zero-order valence-electron chi connectivity index (χ0n) is 15.5. The standard InChI is InChI=1S/C22H19N5O/c1-12(13-5-6-13)24-22-17-8-7-14(9-18(17)26-27-19(22)11-23)16-4-2-3-15-10-20(28)25-21(15)16/h2-4,7-9,12-13H,5-6,10H2,1H3,(H,24,26)(H,25,28)/t12-/m1/s1. The van der Waals surface area contributed by atoms with Crippen molar-refractivity contribution < 1.29 is 4.79 Å². The maximum Gasteiger partial charge on any atom is 0.228 e. The molecule has 1 aliphatic carbocycles. The number of carbonyl (C=O) groups is 1. The average Bonchev–Trinajstić information content (AvgIpc) is 3.48. The minimum atomic E-state index is 0.0160. The number of nitrogens with zero attached hydrogens (tertiary/aromatic N) is 3. The molecule has 6 nitrogen and oxygen atoms in total. The molecule has 5 rings (SSSR count). The molecule has 0 radical (unpaired) electrons. The number of nitriles is 1. The van der Waals surface area contributed by atoms with Crippen molar-refractivity contribution >= 4 is 28.2 Å². The molecule has 2 heterocycles. The summed E-state index contributed by atoms with van der Waals surface area (Å²) in [6.45, 7) is 2.15. The van der Waals surface area contributed by atoms with Crippen molar-refractivity contribution in [2.75, 3.05) is 10.6 Å². The maximum absolute atomic E-state index is 11.8. The zero-order chi connectivity index (χ0) is 19.3. The van der Waals surface area contributed by atoms with Gasteiger partial charge in [0, 0.05) is 17.0 Å². The number of hydrogen-bond donors (Lipinski definition) is 2. The topological polar surface area (TPSA) is 90.7 Å². The van der Waals surface area contributed by atoms with Crippen LogP contribution in [0.3, 0.4) is 0 Å². The van der Waals surface area contributed by atoms with Crippen molar-refractivity contribution in [2.24, 2.45) is 5.92 Å². The summed E-state index contributed by atoms with van der Waals surface area (Å²) in [7, 11) is 0. The highest BCUT2D eigenvalue weighted by Gasteiger charge is 2.29. The molecule has 2 aromatic carbocycles. The first kappa shape index (κ1) is 16.7. The van der Waals surface area contributed by atoms with E-state index >= 15 is 0 Å². The van der Waals surface area contributed by atoms with Crippen LogP contribution >= 0.6 is 0 Å². The first-order valence-electron chi connectivity index (χ1n) is 9.53. The largest absolute Gasteiger partial charge is 0.379 e. The normalized spacial score (nSPS) is 16.4. The lowest BCUT2D eigenvalue weighted by Gasteiger charge is -2.17. The van der Waals surface area contributed by atoms with Crippen LogP contribution in [0.5, 0.6) is 0 Å². The Labute approximate surface area is 162 Å². The van der Waals surface area contributed by atoms with E-state index in [2.05, 4.69) is 33.8 Å². The number of amides is 1. The predicted molar refractivity (Wildman–Crippen MR) is 108 cm³/mol. The molecule has 0 bridgehead atoms. The Kier molecular flexibility index (Phi) is 3.76. The monoisotopic (exact) mass is 369 g/mol. The Hall–Kier alpha value is -3.46. The number of benzene rings is 2. The van der Waals surface area contributed by atoms with E-state index in [0.717, 1.165) is 39.0 Å². The Morgan fingerprint density at radius 2 is 2.11 bits per heavy atom. The van der Waals surface area contributed by atoms with Crippen molar-refractivity contribution in [3.63, 3.8) is 0 Å². The lowest BCUT2D eigenvalue weighted by Crippen LogP contribution is -2.19. The molecular weight excluding hydrogens is 350 g/mol. The first-order valence-corrected chi connectivity index (χ1v) is 9.53. The number of hydrogen-bond acceptors (Lipinski definition) is 5. The molecule has 0 spiro atoms. The van der Waals surface area contributed by atoms with Gasteiger partial charge in [-0.25, -0.2) is 0 Å². The SMILES string of the molecule is C[C@@H](Nc1c(C#N)nnc2cc(-c3cccc4c3NC(=O)C4)ccc12)C1CC1. The van der Waals surface area contributed by atoms with Crippen LogP contribution in [0.15, 0.2) is 36.4 Å². The van der Waals surface area contributed by atoms with Gasteiger partial charge in [0.25, 0.3) is 0 Å². The third-order valence-corrected chi connectivity index (χ3v) is 5.65. The summed E-state index contributed by atoms with van der Waals surface area (Å²) in [5.41, 5.74) is 5.61. The number of rotatable bonds is 4. The van der Waals surface area contributed by atoms with Gasteiger partial charge in [0.2, 0.25) is 5.91 Å². The van der Waals surface area contributed by atoms with Crippen molar-refractivity contribution in [1.29, 1.82) is 5.26 Å². The van der Waals surface area contributed by atoms with E-state index in [-0.39, 0.29) is 5.91 Å². The molecule has 1 amide bonds. The van der Waals surface area contributed by atoms with Gasteiger partial charge in [-0.05, 0) is 48.9 Å². The van der Waals surface area contributed by atoms with E-state index in [1.54, 1.807) is 0 Å². The van der Waals surface area contributed by atoms with Gasteiger partial charge in [-0.2, -0.15) is 5.26 Å². The maximum atomic E-state index is 11.8. The van der Waals surface area contributed by atoms with E-state index in [9.17, 15) is 10.1 Å². The highest BCUT2D eigenvalue weighted by molar-refractivity contribution is 6.04. The van der Waals surface area contributed by atoms with Crippen LogP contribution in [0, 0.1) is 17.2 Å². The second-order valence-electron chi connectivity index (χ2n) is 7.60. The van der Waals surface area contributed by atoms with E-state index in [1.165, 1.54) is 12.8 Å². The number of para-hydroxylation sites is 1. The summed E-state index contributed by atoms with van der Waals surface area (Å²) < 4.78 is 0. The Bertz CT molecular complexity index is 1160. The van der Waals surface area contributed by atoms with Gasteiger partial charge in [0.15, 0.2) is 5.69 Å². The molecule has 0 saturated heterocycles. The Balaban J connectivity index is 1.60. The van der Waals surface area contributed by atoms with Gasteiger partial charge >= 0.3 is 0 Å². The van der Waals surface area contributed by atoms with Crippen LogP contribution < -0.4 is 10.6 Å². The molecule has 138 valence electrons. The van der Waals surface area contributed by atoms with Crippen LogP contribution in [0.25, 0.3) is 22.0 Å². The van der Waals surface area contributed by atoms with Gasteiger partial charge in [0.05, 0.1) is 23.3 Å². The van der Waals surface area contributed by atoms with Crippen LogP contribution in [-0.2, 0) is 11.2 Å². The van der Waals surface area contributed by atoms with Gasteiger partial charge in [0.1, 0.15) is 6.07 Å². The fourth-order valence-electron chi connectivity index (χ4n) is 3.93. The van der Waals surface area contributed by atoms with Crippen LogP contribution in [0.1, 0.15) is 31.0 Å². The molecule has 1 saturated carbocycles. The highest BCUT2D eigenvalue weighted by atomic mass is 16.1. The van der Waals surface area contributed by atoms with Gasteiger partial charge in [-0.3, -0.25) is 4.79 Å². The summed E-state index contributed by atoms with van der Waals surface area (Å²) in [5.74, 6) is 0.673. The molecule has 2 N–H and O–H groups in total. The lowest BCUT2D eigenvalue weighted by atomic mass is 9.99. The molecule has 2 aliphatic rings. The van der Waals surface area contributed by atoms with Crippen molar-refractivity contribution in [3.8, 4) is 17.2 Å². The lowest BCUT2D eigenvalue weighted by molar-refractivity contribution is -0.115. The first-order chi connectivity index (χ1) is 13.6. The fourth-order valence-corrected chi connectivity index (χ4v) is 3.93. The summed E-state index contributed by atoms with van der Waals surface area (Å²) in [6.07, 6.45) is 2.86. The van der Waals surface area contributed by atoms with Crippen molar-refractivity contribution in [2.45, 2.75) is 32.2 Å². The number of carbonyl (C=O) groups excluding carboxylic acids is 1. The minimum absolute atomic E-state index is 0.0160. The summed E-state index contributed by atoms with van der Waals surface area (Å²) in [4.78, 5) is 11.8. The molecule has 0 unspecified atom stereocenters. The van der Waals surface area contributed by atoms with Gasteiger partial charge < -0.3 is 10.6 Å². The number of fused-ring (bicyclic) bond motifs is 2. The van der Waals surface area contributed by atoms with Crippen LogP contribution in [0.2, 0.25) is 0 Å². The summed E-state index contributed by atoms with van der Waals surface area (Å²) in [6, 6.07) is 14.4. The van der Waals surface area contributed by atoms with E-state index in [4.69, 9.17) is 0 Å². The zero-order valence-corrected chi connectivity index (χ0v) is 15.5. The Morgan fingerprint density at radius 1 is 1.25 bits per heavy atom.